The highest BCUT2D eigenvalue weighted by Crippen LogP contribution is 2.27. The van der Waals surface area contributed by atoms with Crippen LogP contribution in [0.15, 0.2) is 78.9 Å². The third-order valence-corrected chi connectivity index (χ3v) is 9.23. The van der Waals surface area contributed by atoms with Gasteiger partial charge >= 0.3 is 0 Å². The van der Waals surface area contributed by atoms with E-state index in [0.717, 1.165) is 51.1 Å². The maximum Gasteiger partial charge on any atom is 0.239 e. The van der Waals surface area contributed by atoms with Crippen LogP contribution in [0.1, 0.15) is 54.7 Å². The summed E-state index contributed by atoms with van der Waals surface area (Å²) in [5.74, 6) is 0.360. The van der Waals surface area contributed by atoms with Crippen molar-refractivity contribution < 1.29 is 4.79 Å². The second-order valence-corrected chi connectivity index (χ2v) is 12.2. The Morgan fingerprint density at radius 3 is 2.20 bits per heavy atom. The highest BCUT2D eigenvalue weighted by molar-refractivity contribution is 6.42. The second kappa shape index (κ2) is 15.2. The van der Waals surface area contributed by atoms with Crippen molar-refractivity contribution in [1.82, 2.24) is 20.4 Å². The molecule has 1 amide bonds. The number of hydrogen-bond donors (Lipinski definition) is 2. The Kier molecular flexibility index (Phi) is 11.1. The van der Waals surface area contributed by atoms with Crippen LogP contribution in [0.5, 0.6) is 0 Å². The molecular weight excluding hydrogens is 551 g/mol. The SMILES string of the molecule is O=C1C(CCN2CCCCC2)NC(CNCc2ccc(Cl)c(Cl)c2)CCN1CC(c1ccccc1)c1ccccc1. The van der Waals surface area contributed by atoms with E-state index in [-0.39, 0.29) is 23.9 Å². The predicted octanol–water partition coefficient (Wildman–Crippen LogP) is 6.35. The van der Waals surface area contributed by atoms with Crippen LogP contribution >= 0.6 is 23.2 Å². The summed E-state index contributed by atoms with van der Waals surface area (Å²) in [5, 5.41) is 8.50. The number of rotatable bonds is 11. The van der Waals surface area contributed by atoms with Crippen molar-refractivity contribution in [2.45, 2.75) is 56.7 Å². The number of nitrogens with zero attached hydrogens (tertiary/aromatic N) is 2. The van der Waals surface area contributed by atoms with E-state index in [1.54, 1.807) is 0 Å². The van der Waals surface area contributed by atoms with Crippen LogP contribution in [0.4, 0.5) is 0 Å². The van der Waals surface area contributed by atoms with Gasteiger partial charge in [-0.2, -0.15) is 0 Å². The van der Waals surface area contributed by atoms with Gasteiger partial charge in [-0.3, -0.25) is 4.79 Å². The normalized spacial score (nSPS) is 20.4. The Morgan fingerprint density at radius 1 is 0.854 bits per heavy atom. The van der Waals surface area contributed by atoms with Crippen molar-refractivity contribution in [3.63, 3.8) is 0 Å². The topological polar surface area (TPSA) is 47.6 Å². The molecule has 2 N–H and O–H groups in total. The zero-order chi connectivity index (χ0) is 28.4. The first-order valence-electron chi connectivity index (χ1n) is 15.1. The summed E-state index contributed by atoms with van der Waals surface area (Å²) >= 11 is 12.3. The molecule has 2 atom stereocenters. The maximum absolute atomic E-state index is 14.1. The van der Waals surface area contributed by atoms with Crippen molar-refractivity contribution in [3.8, 4) is 0 Å². The van der Waals surface area contributed by atoms with E-state index in [2.05, 4.69) is 81.1 Å². The summed E-state index contributed by atoms with van der Waals surface area (Å²) in [6.45, 7) is 6.14. The number of carbonyl (C=O) groups is 1. The van der Waals surface area contributed by atoms with E-state index in [4.69, 9.17) is 23.2 Å². The minimum Gasteiger partial charge on any atom is -0.340 e. The number of amides is 1. The summed E-state index contributed by atoms with van der Waals surface area (Å²) in [6.07, 6.45) is 5.57. The van der Waals surface area contributed by atoms with Gasteiger partial charge in [-0.15, -0.1) is 0 Å². The van der Waals surface area contributed by atoms with Gasteiger partial charge in [0, 0.05) is 44.7 Å². The molecule has 0 bridgehead atoms. The molecule has 0 spiro atoms. The van der Waals surface area contributed by atoms with Crippen molar-refractivity contribution in [1.29, 1.82) is 0 Å². The molecule has 2 saturated heterocycles. The van der Waals surface area contributed by atoms with Gasteiger partial charge < -0.3 is 20.4 Å². The number of piperidine rings is 1. The fourth-order valence-electron chi connectivity index (χ4n) is 6.16. The molecule has 5 rings (SSSR count). The summed E-state index contributed by atoms with van der Waals surface area (Å²) < 4.78 is 0. The van der Waals surface area contributed by atoms with Crippen LogP contribution in [0.25, 0.3) is 0 Å². The van der Waals surface area contributed by atoms with E-state index in [0.29, 0.717) is 23.1 Å². The summed E-state index contributed by atoms with van der Waals surface area (Å²) in [7, 11) is 0. The van der Waals surface area contributed by atoms with Crippen LogP contribution < -0.4 is 10.6 Å². The molecule has 218 valence electrons. The van der Waals surface area contributed by atoms with E-state index in [1.807, 2.05) is 18.2 Å². The van der Waals surface area contributed by atoms with Gasteiger partial charge in [0.25, 0.3) is 0 Å². The molecule has 2 aliphatic heterocycles. The number of halogens is 2. The molecule has 3 aromatic rings. The van der Waals surface area contributed by atoms with Crippen LogP contribution in [0.3, 0.4) is 0 Å². The molecule has 2 aliphatic rings. The number of carbonyl (C=O) groups excluding carboxylic acids is 1. The largest absolute Gasteiger partial charge is 0.340 e. The van der Waals surface area contributed by atoms with E-state index in [9.17, 15) is 4.79 Å². The molecule has 0 aliphatic carbocycles. The predicted molar refractivity (Wildman–Crippen MR) is 170 cm³/mol. The third kappa shape index (κ3) is 8.56. The Morgan fingerprint density at radius 2 is 1.54 bits per heavy atom. The molecule has 7 heteroatoms. The maximum atomic E-state index is 14.1. The Bertz CT molecular complexity index is 1200. The summed E-state index contributed by atoms with van der Waals surface area (Å²) in [5.41, 5.74) is 3.59. The highest BCUT2D eigenvalue weighted by atomic mass is 35.5. The van der Waals surface area contributed by atoms with E-state index < -0.39 is 0 Å². The lowest BCUT2D eigenvalue weighted by molar-refractivity contribution is -0.133. The second-order valence-electron chi connectivity index (χ2n) is 11.4. The van der Waals surface area contributed by atoms with Crippen molar-refractivity contribution in [2.75, 3.05) is 39.3 Å². The van der Waals surface area contributed by atoms with Gasteiger partial charge in [-0.25, -0.2) is 0 Å². The van der Waals surface area contributed by atoms with Gasteiger partial charge in [0.05, 0.1) is 16.1 Å². The van der Waals surface area contributed by atoms with E-state index >= 15 is 0 Å². The quantitative estimate of drug-likeness (QED) is 0.272. The van der Waals surface area contributed by atoms with Gasteiger partial charge in [-0.1, -0.05) is 96.4 Å². The van der Waals surface area contributed by atoms with Crippen LogP contribution in [-0.4, -0.2) is 67.1 Å². The standard InChI is InChI=1S/C34H42Cl2N4O/c35-31-15-14-26(22-32(31)36)23-37-24-29-16-21-40(34(41)33(38-29)17-20-39-18-8-3-9-19-39)25-30(27-10-4-1-5-11-27)28-12-6-2-7-13-28/h1-2,4-7,10-15,22,29-30,33,37-38H,3,8-9,16-21,23-25H2. The zero-order valence-electron chi connectivity index (χ0n) is 23.8. The van der Waals surface area contributed by atoms with Gasteiger partial charge in [-0.05, 0) is 67.6 Å². The lowest BCUT2D eigenvalue weighted by Gasteiger charge is -2.31. The zero-order valence-corrected chi connectivity index (χ0v) is 25.3. The van der Waals surface area contributed by atoms with E-state index in [1.165, 1.54) is 30.4 Å². The minimum atomic E-state index is -0.191. The first-order valence-corrected chi connectivity index (χ1v) is 15.8. The lowest BCUT2D eigenvalue weighted by Crippen LogP contribution is -2.50. The highest BCUT2D eigenvalue weighted by Gasteiger charge is 2.33. The Balaban J connectivity index is 1.29. The first kappa shape index (κ1) is 30.1. The first-order chi connectivity index (χ1) is 20.1. The molecule has 2 heterocycles. The smallest absolute Gasteiger partial charge is 0.239 e. The molecular formula is C34H42Cl2N4O. The average Bonchev–Trinajstić information content (AvgIpc) is 3.16. The molecule has 5 nitrogen and oxygen atoms in total. The number of nitrogens with one attached hydrogen (secondary N) is 2. The minimum absolute atomic E-state index is 0.133. The van der Waals surface area contributed by atoms with Crippen LogP contribution in [0, 0.1) is 0 Å². The average molecular weight is 594 g/mol. The van der Waals surface area contributed by atoms with Crippen molar-refractivity contribution in [3.05, 3.63) is 106 Å². The molecule has 41 heavy (non-hydrogen) atoms. The fraction of sp³-hybridized carbons (Fsp3) is 0.441. The molecule has 2 fully saturated rings. The summed E-state index contributed by atoms with van der Waals surface area (Å²) in [4.78, 5) is 18.8. The van der Waals surface area contributed by atoms with Crippen LogP contribution in [0.2, 0.25) is 10.0 Å². The molecule has 0 saturated carbocycles. The van der Waals surface area contributed by atoms with Gasteiger partial charge in [0.1, 0.15) is 0 Å². The monoisotopic (exact) mass is 592 g/mol. The van der Waals surface area contributed by atoms with Gasteiger partial charge in [0.2, 0.25) is 5.91 Å². The summed E-state index contributed by atoms with van der Waals surface area (Å²) in [6, 6.07) is 27.0. The molecule has 2 unspecified atom stereocenters. The van der Waals surface area contributed by atoms with Crippen LogP contribution in [-0.2, 0) is 11.3 Å². The van der Waals surface area contributed by atoms with Gasteiger partial charge in [0.15, 0.2) is 0 Å². The lowest BCUT2D eigenvalue weighted by atomic mass is 9.90. The molecule has 3 aromatic carbocycles. The fourth-order valence-corrected chi connectivity index (χ4v) is 6.48. The van der Waals surface area contributed by atoms with Crippen molar-refractivity contribution in [2.24, 2.45) is 0 Å². The number of benzene rings is 3. The molecule has 0 aromatic heterocycles. The third-order valence-electron chi connectivity index (χ3n) is 8.49. The number of hydrogen-bond acceptors (Lipinski definition) is 4. The Labute approximate surface area is 255 Å². The Hall–Kier alpha value is -2.41. The van der Waals surface area contributed by atoms with Crippen molar-refractivity contribution >= 4 is 29.1 Å². The number of likely N-dealkylation sites (tertiary alicyclic amines) is 1. The molecule has 0 radical (unpaired) electrons.